The Morgan fingerprint density at radius 3 is 2.56 bits per heavy atom. The third kappa shape index (κ3) is 3.79. The summed E-state index contributed by atoms with van der Waals surface area (Å²) in [6, 6.07) is 0.707. The molecule has 2 fully saturated rings. The first-order chi connectivity index (χ1) is 7.11. The van der Waals surface area contributed by atoms with Gasteiger partial charge in [0, 0.05) is 25.7 Å². The van der Waals surface area contributed by atoms with Gasteiger partial charge >= 0.3 is 0 Å². The topological polar surface area (TPSA) is 27.6 Å². The van der Waals surface area contributed by atoms with Gasteiger partial charge < -0.3 is 10.2 Å². The van der Waals surface area contributed by atoms with Crippen LogP contribution in [0.4, 0.5) is 0 Å². The summed E-state index contributed by atoms with van der Waals surface area (Å²) < 4.78 is 0. The number of aliphatic imine (C=N–C) groups is 1. The zero-order valence-corrected chi connectivity index (χ0v) is 13.0. The summed E-state index contributed by atoms with van der Waals surface area (Å²) in [5.41, 5.74) is 0.458. The zero-order valence-electron chi connectivity index (χ0n) is 10.6. The number of guanidine groups is 1. The van der Waals surface area contributed by atoms with E-state index < -0.39 is 0 Å². The Labute approximate surface area is 116 Å². The van der Waals surface area contributed by atoms with Gasteiger partial charge in [-0.1, -0.05) is 13.8 Å². The Kier molecular flexibility index (Phi) is 4.88. The van der Waals surface area contributed by atoms with Gasteiger partial charge in [0.2, 0.25) is 0 Å². The summed E-state index contributed by atoms with van der Waals surface area (Å²) in [7, 11) is 0. The molecule has 2 aliphatic rings. The molecule has 0 radical (unpaired) electrons. The van der Waals surface area contributed by atoms with Crippen LogP contribution in [0.15, 0.2) is 4.99 Å². The van der Waals surface area contributed by atoms with Crippen LogP contribution in [-0.4, -0.2) is 36.5 Å². The van der Waals surface area contributed by atoms with Gasteiger partial charge in [0.05, 0.1) is 0 Å². The van der Waals surface area contributed by atoms with E-state index in [1.165, 1.54) is 19.3 Å². The van der Waals surface area contributed by atoms with Crippen LogP contribution in [0.25, 0.3) is 0 Å². The number of nitrogens with zero attached hydrogens (tertiary/aromatic N) is 2. The zero-order chi connectivity index (χ0) is 10.9. The van der Waals surface area contributed by atoms with Gasteiger partial charge in [-0.15, -0.1) is 24.0 Å². The van der Waals surface area contributed by atoms with Crippen LogP contribution >= 0.6 is 24.0 Å². The molecule has 0 spiro atoms. The van der Waals surface area contributed by atoms with Gasteiger partial charge in [-0.05, 0) is 31.6 Å². The Morgan fingerprint density at radius 1 is 1.44 bits per heavy atom. The van der Waals surface area contributed by atoms with Crippen molar-refractivity contribution in [2.24, 2.45) is 10.4 Å². The van der Waals surface area contributed by atoms with Crippen LogP contribution in [0.1, 0.15) is 40.0 Å². The summed E-state index contributed by atoms with van der Waals surface area (Å²) in [4.78, 5) is 7.00. The van der Waals surface area contributed by atoms with E-state index in [0.717, 1.165) is 25.6 Å². The van der Waals surface area contributed by atoms with Crippen molar-refractivity contribution in [2.45, 2.75) is 46.1 Å². The van der Waals surface area contributed by atoms with Crippen molar-refractivity contribution in [3.63, 3.8) is 0 Å². The van der Waals surface area contributed by atoms with Crippen molar-refractivity contribution in [1.82, 2.24) is 10.2 Å². The first kappa shape index (κ1) is 14.1. The Hall–Kier alpha value is 0. The van der Waals surface area contributed by atoms with E-state index in [2.05, 4.69) is 36.0 Å². The normalized spacial score (nSPS) is 24.2. The number of hydrogen-bond donors (Lipinski definition) is 1. The fraction of sp³-hybridized carbons (Fsp3) is 0.917. The van der Waals surface area contributed by atoms with Crippen LogP contribution < -0.4 is 5.32 Å². The molecule has 94 valence electrons. The molecule has 0 unspecified atom stereocenters. The highest BCUT2D eigenvalue weighted by molar-refractivity contribution is 14.0. The smallest absolute Gasteiger partial charge is 0.194 e. The van der Waals surface area contributed by atoms with Crippen LogP contribution in [0.5, 0.6) is 0 Å². The summed E-state index contributed by atoms with van der Waals surface area (Å²) in [6.45, 7) is 9.97. The Morgan fingerprint density at radius 2 is 2.12 bits per heavy atom. The molecule has 0 aromatic heterocycles. The average molecular weight is 337 g/mol. The molecule has 0 bridgehead atoms. The molecule has 1 aliphatic heterocycles. The van der Waals surface area contributed by atoms with Crippen molar-refractivity contribution in [1.29, 1.82) is 0 Å². The van der Waals surface area contributed by atoms with Gasteiger partial charge in [-0.25, -0.2) is 0 Å². The Bertz CT molecular complexity index is 259. The minimum absolute atomic E-state index is 0. The molecule has 16 heavy (non-hydrogen) atoms. The lowest BCUT2D eigenvalue weighted by Crippen LogP contribution is -2.41. The maximum atomic E-state index is 4.58. The van der Waals surface area contributed by atoms with Gasteiger partial charge in [-0.3, -0.25) is 4.99 Å². The molecule has 1 saturated carbocycles. The third-order valence-corrected chi connectivity index (χ3v) is 3.20. The second kappa shape index (κ2) is 5.56. The van der Waals surface area contributed by atoms with E-state index >= 15 is 0 Å². The molecule has 1 N–H and O–H groups in total. The van der Waals surface area contributed by atoms with Gasteiger partial charge in [0.15, 0.2) is 5.96 Å². The number of rotatable bonds is 2. The van der Waals surface area contributed by atoms with Crippen molar-refractivity contribution >= 4 is 29.9 Å². The molecule has 0 amide bonds. The molecular weight excluding hydrogens is 313 g/mol. The van der Waals surface area contributed by atoms with E-state index in [0.29, 0.717) is 11.5 Å². The lowest BCUT2D eigenvalue weighted by Gasteiger charge is -2.23. The summed E-state index contributed by atoms with van der Waals surface area (Å²) in [5.74, 6) is 1.14. The molecule has 0 aromatic carbocycles. The summed E-state index contributed by atoms with van der Waals surface area (Å²) in [5, 5.41) is 3.55. The van der Waals surface area contributed by atoms with Crippen molar-refractivity contribution < 1.29 is 0 Å². The van der Waals surface area contributed by atoms with Gasteiger partial charge in [0.1, 0.15) is 0 Å². The lowest BCUT2D eigenvalue weighted by molar-refractivity contribution is 0.369. The molecule has 2 rings (SSSR count). The minimum Gasteiger partial charge on any atom is -0.354 e. The summed E-state index contributed by atoms with van der Waals surface area (Å²) in [6.07, 6.45) is 3.92. The SMILES string of the molecule is CCN=C(NC1CC1)N1CCC(C)(C)C1.I. The van der Waals surface area contributed by atoms with Crippen LogP contribution in [0.2, 0.25) is 0 Å². The molecule has 1 saturated heterocycles. The molecule has 3 nitrogen and oxygen atoms in total. The predicted molar refractivity (Wildman–Crippen MR) is 79.5 cm³/mol. The van der Waals surface area contributed by atoms with Gasteiger partial charge in [0.25, 0.3) is 0 Å². The molecule has 1 heterocycles. The first-order valence-corrected chi connectivity index (χ1v) is 6.17. The van der Waals surface area contributed by atoms with E-state index in [1.807, 2.05) is 0 Å². The van der Waals surface area contributed by atoms with Gasteiger partial charge in [-0.2, -0.15) is 0 Å². The largest absolute Gasteiger partial charge is 0.354 e. The second-order valence-electron chi connectivity index (χ2n) is 5.55. The van der Waals surface area contributed by atoms with Crippen molar-refractivity contribution in [3.8, 4) is 0 Å². The number of nitrogens with one attached hydrogen (secondary N) is 1. The highest BCUT2D eigenvalue weighted by atomic mass is 127. The van der Waals surface area contributed by atoms with E-state index in [4.69, 9.17) is 0 Å². The van der Waals surface area contributed by atoms with Crippen molar-refractivity contribution in [2.75, 3.05) is 19.6 Å². The first-order valence-electron chi connectivity index (χ1n) is 6.17. The third-order valence-electron chi connectivity index (χ3n) is 3.20. The molecular formula is C12H24IN3. The van der Waals surface area contributed by atoms with E-state index in [9.17, 15) is 0 Å². The monoisotopic (exact) mass is 337 g/mol. The second-order valence-corrected chi connectivity index (χ2v) is 5.55. The fourth-order valence-corrected chi connectivity index (χ4v) is 2.09. The Balaban J connectivity index is 0.00000128. The maximum Gasteiger partial charge on any atom is 0.194 e. The quantitative estimate of drug-likeness (QED) is 0.476. The predicted octanol–water partition coefficient (Wildman–Crippen LogP) is 2.46. The number of likely N-dealkylation sites (tertiary alicyclic amines) is 1. The van der Waals surface area contributed by atoms with E-state index in [-0.39, 0.29) is 24.0 Å². The number of halogens is 1. The average Bonchev–Trinajstić information content (AvgIpc) is 2.89. The standard InChI is InChI=1S/C12H23N3.HI/c1-4-13-11(14-10-5-6-10)15-8-7-12(2,3)9-15;/h10H,4-9H2,1-3H3,(H,13,14);1H. The van der Waals surface area contributed by atoms with Crippen molar-refractivity contribution in [3.05, 3.63) is 0 Å². The minimum atomic E-state index is 0. The molecule has 0 atom stereocenters. The molecule has 4 heteroatoms. The van der Waals surface area contributed by atoms with Crippen LogP contribution in [0.3, 0.4) is 0 Å². The van der Waals surface area contributed by atoms with E-state index in [1.54, 1.807) is 0 Å². The maximum absolute atomic E-state index is 4.58. The highest BCUT2D eigenvalue weighted by Gasteiger charge is 2.33. The molecule has 1 aliphatic carbocycles. The number of hydrogen-bond acceptors (Lipinski definition) is 1. The lowest BCUT2D eigenvalue weighted by atomic mass is 9.93. The molecule has 0 aromatic rings. The van der Waals surface area contributed by atoms with Crippen LogP contribution in [0, 0.1) is 5.41 Å². The fourth-order valence-electron chi connectivity index (χ4n) is 2.09. The van der Waals surface area contributed by atoms with Crippen LogP contribution in [-0.2, 0) is 0 Å². The highest BCUT2D eigenvalue weighted by Crippen LogP contribution is 2.29. The summed E-state index contributed by atoms with van der Waals surface area (Å²) >= 11 is 0.